The molecule has 1 aromatic rings. The molecule has 1 amide bonds. The molecule has 4 nitrogen and oxygen atoms in total. The van der Waals surface area contributed by atoms with Crippen molar-refractivity contribution in [2.24, 2.45) is 11.8 Å². The van der Waals surface area contributed by atoms with Crippen LogP contribution < -0.4 is 5.32 Å². The Balaban J connectivity index is 1.73. The van der Waals surface area contributed by atoms with Crippen LogP contribution in [0, 0.1) is 11.8 Å². The fourth-order valence-corrected chi connectivity index (χ4v) is 3.87. The molecule has 0 radical (unpaired) electrons. The Labute approximate surface area is 126 Å². The SMILES string of the molecule is CCNc1ccncc1C(=O)N1CCC2CCCCC2C1. The van der Waals surface area contributed by atoms with Crippen molar-refractivity contribution in [3.05, 3.63) is 24.0 Å². The molecule has 0 aromatic carbocycles. The number of pyridine rings is 1. The second kappa shape index (κ2) is 6.46. The molecule has 2 unspecified atom stereocenters. The minimum absolute atomic E-state index is 0.142. The minimum Gasteiger partial charge on any atom is -0.385 e. The maximum atomic E-state index is 12.8. The summed E-state index contributed by atoms with van der Waals surface area (Å²) in [5, 5.41) is 3.26. The molecular formula is C17H25N3O. The van der Waals surface area contributed by atoms with Gasteiger partial charge in [0, 0.05) is 32.0 Å². The molecular weight excluding hydrogens is 262 g/mol. The summed E-state index contributed by atoms with van der Waals surface area (Å²) in [6.45, 7) is 4.70. The first-order chi connectivity index (χ1) is 10.3. The summed E-state index contributed by atoms with van der Waals surface area (Å²) in [6, 6.07) is 1.89. The van der Waals surface area contributed by atoms with Gasteiger partial charge >= 0.3 is 0 Å². The molecule has 1 aliphatic heterocycles. The van der Waals surface area contributed by atoms with Crippen LogP contribution in [0.4, 0.5) is 5.69 Å². The molecule has 114 valence electrons. The number of anilines is 1. The first-order valence-electron chi connectivity index (χ1n) is 8.26. The van der Waals surface area contributed by atoms with E-state index in [0.717, 1.165) is 37.2 Å². The lowest BCUT2D eigenvalue weighted by Crippen LogP contribution is -2.44. The zero-order valence-electron chi connectivity index (χ0n) is 12.8. The number of piperidine rings is 1. The van der Waals surface area contributed by atoms with Crippen LogP contribution >= 0.6 is 0 Å². The molecule has 1 saturated heterocycles. The highest BCUT2D eigenvalue weighted by molar-refractivity contribution is 5.99. The van der Waals surface area contributed by atoms with E-state index in [1.54, 1.807) is 12.4 Å². The third-order valence-electron chi connectivity index (χ3n) is 5.00. The van der Waals surface area contributed by atoms with Gasteiger partial charge in [-0.1, -0.05) is 19.3 Å². The lowest BCUT2D eigenvalue weighted by atomic mass is 9.75. The summed E-state index contributed by atoms with van der Waals surface area (Å²) < 4.78 is 0. The van der Waals surface area contributed by atoms with Crippen molar-refractivity contribution in [2.45, 2.75) is 39.0 Å². The highest BCUT2D eigenvalue weighted by atomic mass is 16.2. The van der Waals surface area contributed by atoms with Crippen LogP contribution in [0.5, 0.6) is 0 Å². The average Bonchev–Trinajstić information content (AvgIpc) is 2.54. The Kier molecular flexibility index (Phi) is 4.42. The Bertz CT molecular complexity index is 503. The summed E-state index contributed by atoms with van der Waals surface area (Å²) in [7, 11) is 0. The van der Waals surface area contributed by atoms with Gasteiger partial charge in [0.2, 0.25) is 0 Å². The van der Waals surface area contributed by atoms with Gasteiger partial charge in [-0.2, -0.15) is 0 Å². The van der Waals surface area contributed by atoms with E-state index in [0.29, 0.717) is 5.56 Å². The summed E-state index contributed by atoms with van der Waals surface area (Å²) >= 11 is 0. The lowest BCUT2D eigenvalue weighted by molar-refractivity contribution is 0.0521. The Morgan fingerprint density at radius 3 is 2.95 bits per heavy atom. The van der Waals surface area contributed by atoms with E-state index >= 15 is 0 Å². The third-order valence-corrected chi connectivity index (χ3v) is 5.00. The first kappa shape index (κ1) is 14.4. The monoisotopic (exact) mass is 287 g/mol. The van der Waals surface area contributed by atoms with Crippen LogP contribution in [-0.4, -0.2) is 35.4 Å². The Morgan fingerprint density at radius 1 is 1.33 bits per heavy atom. The fourth-order valence-electron chi connectivity index (χ4n) is 3.87. The predicted octanol–water partition coefficient (Wildman–Crippen LogP) is 3.17. The van der Waals surface area contributed by atoms with E-state index < -0.39 is 0 Å². The smallest absolute Gasteiger partial charge is 0.257 e. The number of nitrogens with one attached hydrogen (secondary N) is 1. The highest BCUT2D eigenvalue weighted by Crippen LogP contribution is 2.36. The van der Waals surface area contributed by atoms with Crippen LogP contribution in [0.2, 0.25) is 0 Å². The van der Waals surface area contributed by atoms with Crippen molar-refractivity contribution in [3.63, 3.8) is 0 Å². The van der Waals surface area contributed by atoms with E-state index in [2.05, 4.69) is 10.3 Å². The van der Waals surface area contributed by atoms with E-state index in [4.69, 9.17) is 0 Å². The molecule has 2 aliphatic rings. The minimum atomic E-state index is 0.142. The van der Waals surface area contributed by atoms with Crippen LogP contribution in [-0.2, 0) is 0 Å². The molecule has 0 spiro atoms. The molecule has 3 rings (SSSR count). The van der Waals surface area contributed by atoms with E-state index in [-0.39, 0.29) is 5.91 Å². The van der Waals surface area contributed by atoms with Gasteiger partial charge in [-0.3, -0.25) is 9.78 Å². The summed E-state index contributed by atoms with van der Waals surface area (Å²) in [5.41, 5.74) is 1.62. The second-order valence-corrected chi connectivity index (χ2v) is 6.30. The topological polar surface area (TPSA) is 45.2 Å². The van der Waals surface area contributed by atoms with Crippen molar-refractivity contribution >= 4 is 11.6 Å². The number of fused-ring (bicyclic) bond motifs is 1. The molecule has 0 bridgehead atoms. The van der Waals surface area contributed by atoms with Gasteiger partial charge in [-0.25, -0.2) is 0 Å². The first-order valence-corrected chi connectivity index (χ1v) is 8.26. The molecule has 2 atom stereocenters. The molecule has 21 heavy (non-hydrogen) atoms. The number of likely N-dealkylation sites (tertiary alicyclic amines) is 1. The van der Waals surface area contributed by atoms with Crippen molar-refractivity contribution in [1.29, 1.82) is 0 Å². The molecule has 4 heteroatoms. The molecule has 1 saturated carbocycles. The van der Waals surface area contributed by atoms with Gasteiger partial charge in [0.15, 0.2) is 0 Å². The molecule has 1 N–H and O–H groups in total. The zero-order chi connectivity index (χ0) is 14.7. The predicted molar refractivity (Wildman–Crippen MR) is 84.4 cm³/mol. The maximum Gasteiger partial charge on any atom is 0.257 e. The number of carbonyl (C=O) groups excluding carboxylic acids is 1. The molecule has 1 aliphatic carbocycles. The number of hydrogen-bond donors (Lipinski definition) is 1. The van der Waals surface area contributed by atoms with Gasteiger partial charge in [-0.15, -0.1) is 0 Å². The van der Waals surface area contributed by atoms with E-state index in [1.165, 1.54) is 32.1 Å². The van der Waals surface area contributed by atoms with Crippen LogP contribution in [0.1, 0.15) is 49.4 Å². The van der Waals surface area contributed by atoms with Crippen molar-refractivity contribution in [1.82, 2.24) is 9.88 Å². The lowest BCUT2D eigenvalue weighted by Gasteiger charge is -2.41. The number of nitrogens with zero attached hydrogens (tertiary/aromatic N) is 2. The maximum absolute atomic E-state index is 12.8. The van der Waals surface area contributed by atoms with E-state index in [1.807, 2.05) is 17.9 Å². The average molecular weight is 287 g/mol. The van der Waals surface area contributed by atoms with Crippen molar-refractivity contribution < 1.29 is 4.79 Å². The fraction of sp³-hybridized carbons (Fsp3) is 0.647. The second-order valence-electron chi connectivity index (χ2n) is 6.30. The number of carbonyl (C=O) groups is 1. The third kappa shape index (κ3) is 3.04. The number of rotatable bonds is 3. The van der Waals surface area contributed by atoms with Gasteiger partial charge in [0.1, 0.15) is 0 Å². The number of aromatic nitrogens is 1. The summed E-state index contributed by atoms with van der Waals surface area (Å²) in [5.74, 6) is 1.71. The Hall–Kier alpha value is -1.58. The largest absolute Gasteiger partial charge is 0.385 e. The standard InChI is InChI=1S/C17H25N3O/c1-2-19-16-7-9-18-11-15(16)17(21)20-10-8-13-5-3-4-6-14(13)12-20/h7,9,11,13-14H,2-6,8,10,12H2,1H3,(H,18,19). The molecule has 2 heterocycles. The van der Waals surface area contributed by atoms with E-state index in [9.17, 15) is 4.79 Å². The van der Waals surface area contributed by atoms with Gasteiger partial charge in [-0.05, 0) is 37.7 Å². The van der Waals surface area contributed by atoms with Gasteiger partial charge in [0.05, 0.1) is 11.3 Å². The summed E-state index contributed by atoms with van der Waals surface area (Å²) in [6.07, 6.45) is 9.98. The number of amides is 1. The normalized spacial score (nSPS) is 25.3. The molecule has 1 aromatic heterocycles. The Morgan fingerprint density at radius 2 is 2.14 bits per heavy atom. The van der Waals surface area contributed by atoms with Crippen molar-refractivity contribution in [3.8, 4) is 0 Å². The number of hydrogen-bond acceptors (Lipinski definition) is 3. The highest BCUT2D eigenvalue weighted by Gasteiger charge is 2.33. The van der Waals surface area contributed by atoms with Crippen LogP contribution in [0.15, 0.2) is 18.5 Å². The van der Waals surface area contributed by atoms with Crippen LogP contribution in [0.3, 0.4) is 0 Å². The van der Waals surface area contributed by atoms with Crippen LogP contribution in [0.25, 0.3) is 0 Å². The van der Waals surface area contributed by atoms with Gasteiger partial charge in [0.25, 0.3) is 5.91 Å². The van der Waals surface area contributed by atoms with Crippen molar-refractivity contribution in [2.75, 3.05) is 25.0 Å². The zero-order valence-corrected chi connectivity index (χ0v) is 12.8. The van der Waals surface area contributed by atoms with Gasteiger partial charge < -0.3 is 10.2 Å². The summed E-state index contributed by atoms with van der Waals surface area (Å²) in [4.78, 5) is 19.0. The quantitative estimate of drug-likeness (QED) is 0.928. The molecule has 2 fully saturated rings.